The van der Waals surface area contributed by atoms with Crippen molar-refractivity contribution in [3.05, 3.63) is 36.7 Å². The van der Waals surface area contributed by atoms with E-state index in [1.165, 1.54) is 12.4 Å². The summed E-state index contributed by atoms with van der Waals surface area (Å²) in [5.74, 6) is 0.617. The zero-order chi connectivity index (χ0) is 17.9. The molecule has 9 heteroatoms. The molecule has 134 valence electrons. The standard InChI is InChI=1S/C16H16F3N3O3/c17-16(18,19)6-5-15(23)21-11-7-20-22(8-11)9-12-10-24-13-3-1-2-4-14(13)25-12/h1-4,7-8,12H,5-6,9-10H2,(H,21,23). The number of ether oxygens (including phenoxy) is 2. The van der Waals surface area contributed by atoms with E-state index >= 15 is 0 Å². The van der Waals surface area contributed by atoms with Crippen molar-refractivity contribution in [1.82, 2.24) is 9.78 Å². The molecule has 6 nitrogen and oxygen atoms in total. The van der Waals surface area contributed by atoms with Crippen molar-refractivity contribution in [3.63, 3.8) is 0 Å². The summed E-state index contributed by atoms with van der Waals surface area (Å²) >= 11 is 0. The molecule has 1 aliphatic heterocycles. The van der Waals surface area contributed by atoms with Gasteiger partial charge in [-0.15, -0.1) is 0 Å². The molecular formula is C16H16F3N3O3. The van der Waals surface area contributed by atoms with Gasteiger partial charge in [-0.3, -0.25) is 9.48 Å². The van der Waals surface area contributed by atoms with Crippen LogP contribution in [0.2, 0.25) is 0 Å². The molecule has 1 aliphatic rings. The third kappa shape index (κ3) is 4.88. The maximum absolute atomic E-state index is 12.1. The van der Waals surface area contributed by atoms with Gasteiger partial charge in [-0.05, 0) is 12.1 Å². The molecule has 25 heavy (non-hydrogen) atoms. The molecular weight excluding hydrogens is 339 g/mol. The molecule has 2 aromatic rings. The fourth-order valence-electron chi connectivity index (χ4n) is 2.37. The number of para-hydroxylation sites is 2. The van der Waals surface area contributed by atoms with Gasteiger partial charge >= 0.3 is 6.18 Å². The van der Waals surface area contributed by atoms with Crippen molar-refractivity contribution < 1.29 is 27.4 Å². The zero-order valence-electron chi connectivity index (χ0n) is 13.1. The molecule has 0 fully saturated rings. The summed E-state index contributed by atoms with van der Waals surface area (Å²) in [5.41, 5.74) is 0.337. The molecule has 1 aromatic carbocycles. The minimum atomic E-state index is -4.35. The second-order valence-electron chi connectivity index (χ2n) is 5.61. The number of amides is 1. The van der Waals surface area contributed by atoms with Crippen LogP contribution in [-0.4, -0.2) is 34.6 Å². The SMILES string of the molecule is O=C(CCC(F)(F)F)Nc1cnn(CC2COc3ccccc3O2)c1. The van der Waals surface area contributed by atoms with E-state index in [1.807, 2.05) is 18.2 Å². The third-order valence-electron chi connectivity index (χ3n) is 3.51. The van der Waals surface area contributed by atoms with Crippen LogP contribution in [0, 0.1) is 0 Å². The van der Waals surface area contributed by atoms with Crippen molar-refractivity contribution in [2.45, 2.75) is 31.7 Å². The van der Waals surface area contributed by atoms with Gasteiger partial charge < -0.3 is 14.8 Å². The van der Waals surface area contributed by atoms with E-state index in [4.69, 9.17) is 9.47 Å². The number of fused-ring (bicyclic) bond motifs is 1. The van der Waals surface area contributed by atoms with Crippen LogP contribution in [0.1, 0.15) is 12.8 Å². The molecule has 0 aliphatic carbocycles. The predicted octanol–water partition coefficient (Wildman–Crippen LogP) is 3.00. The lowest BCUT2D eigenvalue weighted by molar-refractivity contribution is -0.142. The number of nitrogens with one attached hydrogen (secondary N) is 1. The zero-order valence-corrected chi connectivity index (χ0v) is 13.1. The van der Waals surface area contributed by atoms with Gasteiger partial charge in [0.2, 0.25) is 5.91 Å². The molecule has 1 unspecified atom stereocenters. The van der Waals surface area contributed by atoms with E-state index in [0.29, 0.717) is 30.3 Å². The second kappa shape index (κ2) is 7.04. The number of aromatic nitrogens is 2. The Kier molecular flexibility index (Phi) is 4.82. The highest BCUT2D eigenvalue weighted by Gasteiger charge is 2.28. The molecule has 2 heterocycles. The summed E-state index contributed by atoms with van der Waals surface area (Å²) in [6, 6.07) is 7.31. The Morgan fingerprint density at radius 1 is 1.32 bits per heavy atom. The molecule has 0 saturated heterocycles. The Hall–Kier alpha value is -2.71. The molecule has 1 atom stereocenters. The van der Waals surface area contributed by atoms with Crippen LogP contribution in [-0.2, 0) is 11.3 Å². The summed E-state index contributed by atoms with van der Waals surface area (Å²) in [5, 5.41) is 6.47. The van der Waals surface area contributed by atoms with Gasteiger partial charge in [0.15, 0.2) is 17.6 Å². The Morgan fingerprint density at radius 3 is 2.84 bits per heavy atom. The number of hydrogen-bond acceptors (Lipinski definition) is 4. The van der Waals surface area contributed by atoms with Gasteiger partial charge in [-0.25, -0.2) is 0 Å². The number of alkyl halides is 3. The van der Waals surface area contributed by atoms with Crippen LogP contribution in [0.3, 0.4) is 0 Å². The second-order valence-corrected chi connectivity index (χ2v) is 5.61. The maximum Gasteiger partial charge on any atom is 0.389 e. The monoisotopic (exact) mass is 355 g/mol. The van der Waals surface area contributed by atoms with Gasteiger partial charge in [-0.1, -0.05) is 12.1 Å². The number of hydrogen-bond donors (Lipinski definition) is 1. The predicted molar refractivity (Wildman–Crippen MR) is 82.5 cm³/mol. The van der Waals surface area contributed by atoms with Crippen molar-refractivity contribution in [2.75, 3.05) is 11.9 Å². The number of rotatable bonds is 5. The molecule has 0 saturated carbocycles. The van der Waals surface area contributed by atoms with Crippen LogP contribution in [0.25, 0.3) is 0 Å². The first kappa shape index (κ1) is 17.1. The normalized spacial score (nSPS) is 16.5. The number of benzene rings is 1. The molecule has 1 N–H and O–H groups in total. The van der Waals surface area contributed by atoms with Crippen molar-refractivity contribution in [3.8, 4) is 11.5 Å². The fraction of sp³-hybridized carbons (Fsp3) is 0.375. The molecule has 0 bridgehead atoms. The van der Waals surface area contributed by atoms with Crippen molar-refractivity contribution in [2.24, 2.45) is 0 Å². The summed E-state index contributed by atoms with van der Waals surface area (Å²) in [6.07, 6.45) is -3.47. The minimum Gasteiger partial charge on any atom is -0.486 e. The summed E-state index contributed by atoms with van der Waals surface area (Å²) in [6.45, 7) is 0.733. The molecule has 0 radical (unpaired) electrons. The summed E-state index contributed by atoms with van der Waals surface area (Å²) in [4.78, 5) is 11.5. The average Bonchev–Trinajstić information content (AvgIpc) is 2.99. The van der Waals surface area contributed by atoms with E-state index in [0.717, 1.165) is 0 Å². The van der Waals surface area contributed by atoms with Gasteiger partial charge in [0.1, 0.15) is 6.61 Å². The topological polar surface area (TPSA) is 65.4 Å². The largest absolute Gasteiger partial charge is 0.486 e. The van der Waals surface area contributed by atoms with Crippen LogP contribution < -0.4 is 14.8 Å². The van der Waals surface area contributed by atoms with Gasteiger partial charge in [0.25, 0.3) is 0 Å². The van der Waals surface area contributed by atoms with E-state index in [9.17, 15) is 18.0 Å². The maximum atomic E-state index is 12.1. The van der Waals surface area contributed by atoms with E-state index in [1.54, 1.807) is 10.7 Å². The smallest absolute Gasteiger partial charge is 0.389 e. The van der Waals surface area contributed by atoms with Crippen LogP contribution in [0.15, 0.2) is 36.7 Å². The Bertz CT molecular complexity index is 745. The highest BCUT2D eigenvalue weighted by Crippen LogP contribution is 2.31. The number of nitrogens with zero attached hydrogens (tertiary/aromatic N) is 2. The Morgan fingerprint density at radius 2 is 2.08 bits per heavy atom. The van der Waals surface area contributed by atoms with Crippen molar-refractivity contribution >= 4 is 11.6 Å². The van der Waals surface area contributed by atoms with Gasteiger partial charge in [0, 0.05) is 12.6 Å². The number of carbonyl (C=O) groups excluding carboxylic acids is 1. The Balaban J connectivity index is 1.51. The van der Waals surface area contributed by atoms with Gasteiger partial charge in [-0.2, -0.15) is 18.3 Å². The first-order chi connectivity index (χ1) is 11.9. The van der Waals surface area contributed by atoms with Crippen molar-refractivity contribution in [1.29, 1.82) is 0 Å². The average molecular weight is 355 g/mol. The molecule has 1 aromatic heterocycles. The first-order valence-corrected chi connectivity index (χ1v) is 7.66. The lowest BCUT2D eigenvalue weighted by atomic mass is 10.2. The summed E-state index contributed by atoms with van der Waals surface area (Å²) in [7, 11) is 0. The number of halogens is 3. The molecule has 0 spiro atoms. The quantitative estimate of drug-likeness (QED) is 0.895. The third-order valence-corrected chi connectivity index (χ3v) is 3.51. The van der Waals surface area contributed by atoms with Crippen LogP contribution in [0.5, 0.6) is 11.5 Å². The van der Waals surface area contributed by atoms with E-state index in [-0.39, 0.29) is 6.10 Å². The van der Waals surface area contributed by atoms with Crippen LogP contribution in [0.4, 0.5) is 18.9 Å². The van der Waals surface area contributed by atoms with Gasteiger partial charge in [0.05, 0.1) is 24.8 Å². The van der Waals surface area contributed by atoms with E-state index in [2.05, 4.69) is 10.4 Å². The lowest BCUT2D eigenvalue weighted by Crippen LogP contribution is -2.33. The fourth-order valence-corrected chi connectivity index (χ4v) is 2.37. The Labute approximate surface area is 141 Å². The number of anilines is 1. The summed E-state index contributed by atoms with van der Waals surface area (Å²) < 4.78 is 49.3. The molecule has 1 amide bonds. The molecule has 3 rings (SSSR count). The van der Waals surface area contributed by atoms with E-state index < -0.39 is 24.9 Å². The highest BCUT2D eigenvalue weighted by atomic mass is 19.4. The first-order valence-electron chi connectivity index (χ1n) is 7.66. The lowest BCUT2D eigenvalue weighted by Gasteiger charge is -2.26. The van der Waals surface area contributed by atoms with Crippen LogP contribution >= 0.6 is 0 Å². The number of carbonyl (C=O) groups is 1. The minimum absolute atomic E-state index is 0.261. The highest BCUT2D eigenvalue weighted by molar-refractivity contribution is 5.90.